The molecule has 3 aromatic rings. The molecule has 1 N–H and O–H groups in total. The van der Waals surface area contributed by atoms with Gasteiger partial charge in [-0.1, -0.05) is 24.3 Å². The molecule has 1 aliphatic heterocycles. The number of hydrogen-bond donors (Lipinski definition) is 1. The molecule has 0 unspecified atom stereocenters. The molecule has 0 spiro atoms. The van der Waals surface area contributed by atoms with E-state index in [4.69, 9.17) is 4.74 Å². The van der Waals surface area contributed by atoms with E-state index in [-0.39, 0.29) is 30.1 Å². The van der Waals surface area contributed by atoms with Crippen LogP contribution in [0.25, 0.3) is 0 Å². The summed E-state index contributed by atoms with van der Waals surface area (Å²) >= 11 is 0. The maximum atomic E-state index is 13.1. The zero-order valence-corrected chi connectivity index (χ0v) is 17.4. The first-order valence-corrected chi connectivity index (χ1v) is 10.1. The Morgan fingerprint density at radius 1 is 1.10 bits per heavy atom. The smallest absolute Gasteiger partial charge is 0.251 e. The number of ether oxygens (including phenoxy) is 1. The molecule has 0 bridgehead atoms. The number of halogens is 1. The average Bonchev–Trinajstić information content (AvgIpc) is 3.09. The van der Waals surface area contributed by atoms with Crippen molar-refractivity contribution in [2.75, 3.05) is 12.0 Å². The fraction of sp³-hybridized carbons (Fsp3) is 0.200. The van der Waals surface area contributed by atoms with Crippen LogP contribution in [0, 0.1) is 5.82 Å². The van der Waals surface area contributed by atoms with Gasteiger partial charge in [-0.15, -0.1) is 0 Å². The summed E-state index contributed by atoms with van der Waals surface area (Å²) in [5, 5.41) is 2.99. The largest absolute Gasteiger partial charge is 0.497 e. The first-order valence-electron chi connectivity index (χ1n) is 10.1. The lowest BCUT2D eigenvalue weighted by atomic mass is 10.1. The maximum Gasteiger partial charge on any atom is 0.251 e. The molecule has 6 heteroatoms. The summed E-state index contributed by atoms with van der Waals surface area (Å²) in [4.78, 5) is 27.0. The fourth-order valence-electron chi connectivity index (χ4n) is 3.73. The van der Waals surface area contributed by atoms with E-state index < -0.39 is 0 Å². The van der Waals surface area contributed by atoms with Crippen molar-refractivity contribution in [1.82, 2.24) is 5.32 Å². The fourth-order valence-corrected chi connectivity index (χ4v) is 3.73. The molecule has 0 aliphatic carbocycles. The van der Waals surface area contributed by atoms with Crippen molar-refractivity contribution in [1.29, 1.82) is 0 Å². The molecule has 158 valence electrons. The van der Waals surface area contributed by atoms with Crippen LogP contribution in [0.3, 0.4) is 0 Å². The third kappa shape index (κ3) is 4.43. The number of rotatable bonds is 6. The first kappa shape index (κ1) is 20.6. The summed E-state index contributed by atoms with van der Waals surface area (Å²) < 4.78 is 18.3. The first-order chi connectivity index (χ1) is 14.9. The molecule has 5 nitrogen and oxygen atoms in total. The third-order valence-corrected chi connectivity index (χ3v) is 5.49. The van der Waals surface area contributed by atoms with E-state index in [1.807, 2.05) is 31.2 Å². The normalized spacial score (nSPS) is 13.6. The summed E-state index contributed by atoms with van der Waals surface area (Å²) in [5.41, 5.74) is 3.93. The summed E-state index contributed by atoms with van der Waals surface area (Å²) in [6, 6.07) is 18.8. The molecular formula is C25H23FN2O3. The molecule has 1 heterocycles. The Hall–Kier alpha value is -3.67. The SMILES string of the molecule is COc1ccc([C@H](C)NC(=O)c2ccc3c(c2)CC(=O)N3Cc2ccc(F)cc2)cc1. The van der Waals surface area contributed by atoms with E-state index in [0.29, 0.717) is 12.1 Å². The number of nitrogens with zero attached hydrogens (tertiary/aromatic N) is 1. The van der Waals surface area contributed by atoms with E-state index in [1.165, 1.54) is 12.1 Å². The van der Waals surface area contributed by atoms with Gasteiger partial charge in [0, 0.05) is 11.3 Å². The second-order valence-electron chi connectivity index (χ2n) is 7.59. The minimum Gasteiger partial charge on any atom is -0.497 e. The number of methoxy groups -OCH3 is 1. The Labute approximate surface area is 180 Å². The molecule has 1 aliphatic rings. The van der Waals surface area contributed by atoms with Crippen molar-refractivity contribution in [3.05, 3.63) is 94.8 Å². The highest BCUT2D eigenvalue weighted by Gasteiger charge is 2.28. The van der Waals surface area contributed by atoms with Crippen LogP contribution in [0.5, 0.6) is 5.75 Å². The molecule has 0 fully saturated rings. The minimum atomic E-state index is -0.309. The summed E-state index contributed by atoms with van der Waals surface area (Å²) in [5.74, 6) is 0.214. The topological polar surface area (TPSA) is 58.6 Å². The number of amides is 2. The van der Waals surface area contributed by atoms with Gasteiger partial charge in [-0.3, -0.25) is 9.59 Å². The Bertz CT molecular complexity index is 1110. The lowest BCUT2D eigenvalue weighted by Crippen LogP contribution is -2.27. The van der Waals surface area contributed by atoms with Gasteiger partial charge in [-0.25, -0.2) is 4.39 Å². The van der Waals surface area contributed by atoms with Crippen LogP contribution >= 0.6 is 0 Å². The van der Waals surface area contributed by atoms with Gasteiger partial charge in [0.15, 0.2) is 0 Å². The van der Waals surface area contributed by atoms with Crippen LogP contribution in [-0.2, 0) is 17.8 Å². The second kappa shape index (κ2) is 8.60. The molecule has 0 saturated heterocycles. The summed E-state index contributed by atoms with van der Waals surface area (Å²) in [6.07, 6.45) is 0.242. The van der Waals surface area contributed by atoms with Crippen molar-refractivity contribution in [2.24, 2.45) is 0 Å². The molecule has 3 aromatic carbocycles. The second-order valence-corrected chi connectivity index (χ2v) is 7.59. The number of anilines is 1. The van der Waals surface area contributed by atoms with E-state index in [9.17, 15) is 14.0 Å². The average molecular weight is 418 g/mol. The maximum absolute atomic E-state index is 13.1. The van der Waals surface area contributed by atoms with Crippen LogP contribution in [0.1, 0.15) is 40.0 Å². The third-order valence-electron chi connectivity index (χ3n) is 5.49. The quantitative estimate of drug-likeness (QED) is 0.645. The highest BCUT2D eigenvalue weighted by atomic mass is 19.1. The number of hydrogen-bond acceptors (Lipinski definition) is 3. The Morgan fingerprint density at radius 3 is 2.48 bits per heavy atom. The van der Waals surface area contributed by atoms with Gasteiger partial charge in [0.1, 0.15) is 11.6 Å². The van der Waals surface area contributed by atoms with E-state index >= 15 is 0 Å². The van der Waals surface area contributed by atoms with Crippen molar-refractivity contribution >= 4 is 17.5 Å². The number of carbonyl (C=O) groups is 2. The lowest BCUT2D eigenvalue weighted by molar-refractivity contribution is -0.117. The van der Waals surface area contributed by atoms with Crippen LogP contribution in [0.2, 0.25) is 0 Å². The van der Waals surface area contributed by atoms with Gasteiger partial charge in [0.2, 0.25) is 5.91 Å². The van der Waals surface area contributed by atoms with Gasteiger partial charge in [0.05, 0.1) is 26.1 Å². The zero-order valence-electron chi connectivity index (χ0n) is 17.4. The van der Waals surface area contributed by atoms with E-state index in [2.05, 4.69) is 5.32 Å². The predicted octanol–water partition coefficient (Wildman–Crippen LogP) is 4.41. The van der Waals surface area contributed by atoms with E-state index in [0.717, 1.165) is 28.1 Å². The Kier molecular flexibility index (Phi) is 5.71. The predicted molar refractivity (Wildman–Crippen MR) is 117 cm³/mol. The van der Waals surface area contributed by atoms with Gasteiger partial charge in [0.25, 0.3) is 5.91 Å². The molecule has 4 rings (SSSR count). The van der Waals surface area contributed by atoms with Gasteiger partial charge < -0.3 is 15.0 Å². The Balaban J connectivity index is 1.47. The van der Waals surface area contributed by atoms with Gasteiger partial charge in [-0.05, 0) is 66.1 Å². The minimum absolute atomic E-state index is 0.0384. The number of nitrogens with one attached hydrogen (secondary N) is 1. The van der Waals surface area contributed by atoms with Gasteiger partial charge in [-0.2, -0.15) is 0 Å². The highest BCUT2D eigenvalue weighted by molar-refractivity contribution is 6.03. The summed E-state index contributed by atoms with van der Waals surface area (Å²) in [7, 11) is 1.61. The van der Waals surface area contributed by atoms with Gasteiger partial charge >= 0.3 is 0 Å². The molecule has 0 saturated carbocycles. The molecular weight excluding hydrogens is 395 g/mol. The molecule has 31 heavy (non-hydrogen) atoms. The molecule has 0 radical (unpaired) electrons. The van der Waals surface area contributed by atoms with Crippen molar-refractivity contribution in [3.63, 3.8) is 0 Å². The summed E-state index contributed by atoms with van der Waals surface area (Å²) in [6.45, 7) is 2.28. The lowest BCUT2D eigenvalue weighted by Gasteiger charge is -2.18. The van der Waals surface area contributed by atoms with Crippen LogP contribution in [-0.4, -0.2) is 18.9 Å². The van der Waals surface area contributed by atoms with Crippen LogP contribution < -0.4 is 15.0 Å². The highest BCUT2D eigenvalue weighted by Crippen LogP contribution is 2.31. The molecule has 0 aromatic heterocycles. The van der Waals surface area contributed by atoms with Crippen molar-refractivity contribution in [3.8, 4) is 5.75 Å². The molecule has 2 amide bonds. The number of carbonyl (C=O) groups excluding carboxylic acids is 2. The van der Waals surface area contributed by atoms with Crippen molar-refractivity contribution in [2.45, 2.75) is 25.9 Å². The Morgan fingerprint density at radius 2 is 1.81 bits per heavy atom. The monoisotopic (exact) mass is 418 g/mol. The number of benzene rings is 3. The molecule has 1 atom stereocenters. The van der Waals surface area contributed by atoms with E-state index in [1.54, 1.807) is 42.3 Å². The zero-order chi connectivity index (χ0) is 22.0. The van der Waals surface area contributed by atoms with Crippen LogP contribution in [0.4, 0.5) is 10.1 Å². The standard InChI is InChI=1S/C25H23FN2O3/c1-16(18-5-10-22(31-2)11-6-18)27-25(30)19-7-12-23-20(13-19)14-24(29)28(23)15-17-3-8-21(26)9-4-17/h3-13,16H,14-15H2,1-2H3,(H,27,30)/t16-/m0/s1. The van der Waals surface area contributed by atoms with Crippen molar-refractivity contribution < 1.29 is 18.7 Å². The number of fused-ring (bicyclic) bond motifs is 1. The van der Waals surface area contributed by atoms with Crippen LogP contribution in [0.15, 0.2) is 66.7 Å².